The van der Waals surface area contributed by atoms with E-state index < -0.39 is 0 Å². The van der Waals surface area contributed by atoms with Gasteiger partial charge >= 0.3 is 0 Å². The predicted molar refractivity (Wildman–Crippen MR) is 118 cm³/mol. The Hall–Kier alpha value is -2.42. The van der Waals surface area contributed by atoms with Gasteiger partial charge in [0.1, 0.15) is 10.7 Å². The van der Waals surface area contributed by atoms with E-state index in [2.05, 4.69) is 15.2 Å². The van der Waals surface area contributed by atoms with Gasteiger partial charge in [-0.15, -0.1) is 11.3 Å². The first kappa shape index (κ1) is 19.9. The Labute approximate surface area is 181 Å². The molecule has 3 aromatic rings. The molecule has 0 saturated carbocycles. The van der Waals surface area contributed by atoms with Crippen LogP contribution in [0.25, 0.3) is 10.6 Å². The van der Waals surface area contributed by atoms with Crippen molar-refractivity contribution < 1.29 is 9.59 Å². The number of benzene rings is 1. The van der Waals surface area contributed by atoms with Crippen molar-refractivity contribution >= 4 is 51.8 Å². The molecule has 2 amide bonds. The highest BCUT2D eigenvalue weighted by molar-refractivity contribution is 7.14. The fourth-order valence-corrected chi connectivity index (χ4v) is 4.84. The summed E-state index contributed by atoms with van der Waals surface area (Å²) in [6, 6.07) is 9.68. The van der Waals surface area contributed by atoms with Gasteiger partial charge in [0.25, 0.3) is 5.91 Å². The van der Waals surface area contributed by atoms with E-state index in [9.17, 15) is 9.59 Å². The number of nitrogens with zero attached hydrogens (tertiary/aromatic N) is 3. The molecule has 9 heteroatoms. The number of piperazine rings is 1. The molecule has 0 aliphatic carbocycles. The minimum atomic E-state index is -0.325. The van der Waals surface area contributed by atoms with Gasteiger partial charge in [-0.05, 0) is 29.6 Å². The van der Waals surface area contributed by atoms with Gasteiger partial charge in [0.15, 0.2) is 0 Å². The lowest BCUT2D eigenvalue weighted by atomic mass is 10.2. The molecule has 29 heavy (non-hydrogen) atoms. The molecule has 4 rings (SSSR count). The molecule has 1 saturated heterocycles. The Bertz CT molecular complexity index is 998. The average molecular weight is 447 g/mol. The average Bonchev–Trinajstić information content (AvgIpc) is 3.43. The maximum atomic E-state index is 12.5. The van der Waals surface area contributed by atoms with E-state index in [1.165, 1.54) is 11.3 Å². The van der Waals surface area contributed by atoms with Crippen LogP contribution in [0.4, 0.5) is 5.69 Å². The standard InChI is InChI=1S/C20H19ClN4O2S2/c21-15-2-1-3-16(10-15)24-5-7-25(8-6-24)18(26)11-22-19(27)17-13-29-20(23-17)14-4-9-28-12-14/h1-4,9-10,12-13H,5-8,11H2,(H,22,27). The summed E-state index contributed by atoms with van der Waals surface area (Å²) in [5.41, 5.74) is 2.41. The van der Waals surface area contributed by atoms with Crippen molar-refractivity contribution in [2.24, 2.45) is 0 Å². The van der Waals surface area contributed by atoms with Crippen molar-refractivity contribution in [2.45, 2.75) is 0 Å². The highest BCUT2D eigenvalue weighted by Gasteiger charge is 2.22. The summed E-state index contributed by atoms with van der Waals surface area (Å²) in [4.78, 5) is 33.2. The van der Waals surface area contributed by atoms with Gasteiger partial charge in [-0.1, -0.05) is 17.7 Å². The first-order valence-electron chi connectivity index (χ1n) is 9.15. The third kappa shape index (κ3) is 4.77. The second kappa shape index (κ2) is 8.94. The predicted octanol–water partition coefficient (Wildman–Crippen LogP) is 3.60. The Kier molecular flexibility index (Phi) is 6.13. The van der Waals surface area contributed by atoms with Gasteiger partial charge in [-0.3, -0.25) is 9.59 Å². The molecule has 1 N–H and O–H groups in total. The van der Waals surface area contributed by atoms with Crippen molar-refractivity contribution in [3.8, 4) is 10.6 Å². The van der Waals surface area contributed by atoms with E-state index in [1.807, 2.05) is 41.1 Å². The molecule has 2 aromatic heterocycles. The smallest absolute Gasteiger partial charge is 0.271 e. The van der Waals surface area contributed by atoms with Crippen LogP contribution >= 0.6 is 34.3 Å². The minimum absolute atomic E-state index is 0.0265. The van der Waals surface area contributed by atoms with Crippen molar-refractivity contribution in [2.75, 3.05) is 37.6 Å². The van der Waals surface area contributed by atoms with Crippen LogP contribution in [-0.4, -0.2) is 54.4 Å². The number of thiophene rings is 1. The summed E-state index contributed by atoms with van der Waals surface area (Å²) in [5.74, 6) is -0.411. The highest BCUT2D eigenvalue weighted by Crippen LogP contribution is 2.25. The number of rotatable bonds is 5. The Morgan fingerprint density at radius 1 is 1.14 bits per heavy atom. The van der Waals surface area contributed by atoms with Gasteiger partial charge in [0, 0.05) is 53.2 Å². The van der Waals surface area contributed by atoms with Crippen LogP contribution < -0.4 is 10.2 Å². The molecule has 3 heterocycles. The number of carbonyl (C=O) groups is 2. The van der Waals surface area contributed by atoms with E-state index >= 15 is 0 Å². The second-order valence-electron chi connectivity index (χ2n) is 6.58. The van der Waals surface area contributed by atoms with Gasteiger partial charge < -0.3 is 15.1 Å². The van der Waals surface area contributed by atoms with E-state index in [4.69, 9.17) is 11.6 Å². The number of anilines is 1. The molecular formula is C20H19ClN4O2S2. The molecule has 1 aliphatic heterocycles. The van der Waals surface area contributed by atoms with Crippen molar-refractivity contribution in [1.29, 1.82) is 0 Å². The number of nitrogens with one attached hydrogen (secondary N) is 1. The number of aromatic nitrogens is 1. The van der Waals surface area contributed by atoms with Crippen LogP contribution in [0, 0.1) is 0 Å². The van der Waals surface area contributed by atoms with Crippen LogP contribution in [0.15, 0.2) is 46.5 Å². The van der Waals surface area contributed by atoms with Gasteiger partial charge in [0.2, 0.25) is 5.91 Å². The fraction of sp³-hybridized carbons (Fsp3) is 0.250. The molecule has 6 nitrogen and oxygen atoms in total. The van der Waals surface area contributed by atoms with E-state index in [-0.39, 0.29) is 18.4 Å². The van der Waals surface area contributed by atoms with Crippen LogP contribution in [0.5, 0.6) is 0 Å². The number of halogens is 1. The zero-order valence-corrected chi connectivity index (χ0v) is 17.9. The summed E-state index contributed by atoms with van der Waals surface area (Å²) in [6.07, 6.45) is 0. The number of thiazole rings is 1. The quantitative estimate of drug-likeness (QED) is 0.650. The maximum Gasteiger partial charge on any atom is 0.271 e. The van der Waals surface area contributed by atoms with Gasteiger partial charge in [0.05, 0.1) is 6.54 Å². The van der Waals surface area contributed by atoms with Gasteiger partial charge in [-0.2, -0.15) is 11.3 Å². The molecule has 0 unspecified atom stereocenters. The first-order chi connectivity index (χ1) is 14.1. The van der Waals surface area contributed by atoms with E-state index in [0.717, 1.165) is 29.3 Å². The molecule has 0 spiro atoms. The zero-order valence-electron chi connectivity index (χ0n) is 15.5. The number of hydrogen-bond acceptors (Lipinski definition) is 6. The minimum Gasteiger partial charge on any atom is -0.368 e. The maximum absolute atomic E-state index is 12.5. The van der Waals surface area contributed by atoms with Gasteiger partial charge in [-0.25, -0.2) is 4.98 Å². The highest BCUT2D eigenvalue weighted by atomic mass is 35.5. The molecular weight excluding hydrogens is 428 g/mol. The third-order valence-corrected chi connectivity index (χ3v) is 6.52. The monoisotopic (exact) mass is 446 g/mol. The van der Waals surface area contributed by atoms with Crippen LogP contribution in [0.2, 0.25) is 5.02 Å². The normalized spacial score (nSPS) is 14.1. The number of amides is 2. The molecule has 0 radical (unpaired) electrons. The van der Waals surface area contributed by atoms with Crippen molar-refractivity contribution in [3.63, 3.8) is 0 Å². The molecule has 1 aromatic carbocycles. The Morgan fingerprint density at radius 3 is 2.69 bits per heavy atom. The molecule has 0 atom stereocenters. The summed E-state index contributed by atoms with van der Waals surface area (Å²) in [5, 5.41) is 9.88. The second-order valence-corrected chi connectivity index (χ2v) is 8.65. The van der Waals surface area contributed by atoms with E-state index in [0.29, 0.717) is 23.8 Å². The summed E-state index contributed by atoms with van der Waals surface area (Å²) >= 11 is 9.07. The Morgan fingerprint density at radius 2 is 1.97 bits per heavy atom. The lowest BCUT2D eigenvalue weighted by molar-refractivity contribution is -0.130. The number of hydrogen-bond donors (Lipinski definition) is 1. The van der Waals surface area contributed by atoms with Crippen molar-refractivity contribution in [3.05, 3.63) is 57.2 Å². The summed E-state index contributed by atoms with van der Waals surface area (Å²) in [6.45, 7) is 2.66. The summed E-state index contributed by atoms with van der Waals surface area (Å²) < 4.78 is 0. The summed E-state index contributed by atoms with van der Waals surface area (Å²) in [7, 11) is 0. The van der Waals surface area contributed by atoms with Crippen LogP contribution in [0.3, 0.4) is 0 Å². The largest absolute Gasteiger partial charge is 0.368 e. The molecule has 1 aliphatic rings. The van der Waals surface area contributed by atoms with Crippen molar-refractivity contribution in [1.82, 2.24) is 15.2 Å². The van der Waals surface area contributed by atoms with Crippen LogP contribution in [0.1, 0.15) is 10.5 Å². The third-order valence-electron chi connectivity index (χ3n) is 4.71. The Balaban J connectivity index is 1.26. The fourth-order valence-electron chi connectivity index (χ4n) is 3.14. The van der Waals surface area contributed by atoms with Crippen LogP contribution in [-0.2, 0) is 4.79 Å². The molecule has 150 valence electrons. The SMILES string of the molecule is O=C(NCC(=O)N1CCN(c2cccc(Cl)c2)CC1)c1csc(-c2ccsc2)n1. The first-order valence-corrected chi connectivity index (χ1v) is 11.3. The van der Waals surface area contributed by atoms with E-state index in [1.54, 1.807) is 21.6 Å². The lowest BCUT2D eigenvalue weighted by Crippen LogP contribution is -2.51. The lowest BCUT2D eigenvalue weighted by Gasteiger charge is -2.36. The zero-order chi connectivity index (χ0) is 20.2. The number of carbonyl (C=O) groups excluding carboxylic acids is 2. The topological polar surface area (TPSA) is 65.5 Å². The molecule has 0 bridgehead atoms. The molecule has 1 fully saturated rings.